The van der Waals surface area contributed by atoms with Crippen LogP contribution in [0, 0.1) is 15.9 Å². The number of benzene rings is 1. The Balaban J connectivity index is 2.75. The lowest BCUT2D eigenvalue weighted by Crippen LogP contribution is -2.21. The molecule has 6 heteroatoms. The Kier molecular flexibility index (Phi) is 4.39. The quantitative estimate of drug-likeness (QED) is 0.613. The van der Waals surface area contributed by atoms with Crippen molar-refractivity contribution in [1.29, 1.82) is 0 Å². The van der Waals surface area contributed by atoms with Crippen LogP contribution in [0.3, 0.4) is 0 Å². The minimum absolute atomic E-state index is 0.119. The molecule has 0 saturated heterocycles. The lowest BCUT2D eigenvalue weighted by atomic mass is 10.1. The molecule has 0 aliphatic rings. The zero-order valence-corrected chi connectivity index (χ0v) is 9.68. The minimum Gasteiger partial charge on any atom is -0.393 e. The second kappa shape index (κ2) is 5.58. The van der Waals surface area contributed by atoms with Gasteiger partial charge in [0.1, 0.15) is 0 Å². The largest absolute Gasteiger partial charge is 0.393 e. The third-order valence-electron chi connectivity index (χ3n) is 2.26. The summed E-state index contributed by atoms with van der Waals surface area (Å²) < 4.78 is 13.5. The average Bonchev–Trinajstić information content (AvgIpc) is 2.19. The zero-order valence-electron chi connectivity index (χ0n) is 9.68. The van der Waals surface area contributed by atoms with Gasteiger partial charge in [-0.3, -0.25) is 10.1 Å². The minimum atomic E-state index is -0.670. The molecule has 5 nitrogen and oxygen atoms in total. The summed E-state index contributed by atoms with van der Waals surface area (Å²) in [5.74, 6) is -0.670. The molecule has 0 spiro atoms. The number of rotatable bonds is 5. The molecule has 1 aromatic carbocycles. The molecule has 1 aromatic rings. The predicted octanol–water partition coefficient (Wildman–Crippen LogP) is 2.31. The Labute approximate surface area is 98.4 Å². The van der Waals surface area contributed by atoms with Crippen molar-refractivity contribution in [3.05, 3.63) is 34.1 Å². The fraction of sp³-hybridized carbons (Fsp3) is 0.455. The van der Waals surface area contributed by atoms with Gasteiger partial charge in [-0.2, -0.15) is 0 Å². The maximum Gasteiger partial charge on any atom is 0.272 e. The van der Waals surface area contributed by atoms with E-state index in [9.17, 15) is 14.5 Å². The van der Waals surface area contributed by atoms with E-state index in [4.69, 9.17) is 5.11 Å². The van der Waals surface area contributed by atoms with Gasteiger partial charge in [0, 0.05) is 12.1 Å². The molecule has 0 aliphatic heterocycles. The van der Waals surface area contributed by atoms with Gasteiger partial charge in [-0.25, -0.2) is 4.39 Å². The van der Waals surface area contributed by atoms with Crippen molar-refractivity contribution in [3.8, 4) is 0 Å². The van der Waals surface area contributed by atoms with Crippen molar-refractivity contribution in [2.45, 2.75) is 32.4 Å². The molecule has 0 amide bonds. The number of aliphatic hydroxyl groups excluding tert-OH is 1. The van der Waals surface area contributed by atoms with Gasteiger partial charge in [0.25, 0.3) is 5.69 Å². The van der Waals surface area contributed by atoms with Gasteiger partial charge in [0.15, 0.2) is 5.82 Å². The van der Waals surface area contributed by atoms with Crippen LogP contribution in [-0.2, 0) is 0 Å². The molecule has 0 aromatic heterocycles. The second-order valence-electron chi connectivity index (χ2n) is 4.05. The van der Waals surface area contributed by atoms with Gasteiger partial charge in [0.2, 0.25) is 0 Å². The van der Waals surface area contributed by atoms with Crippen molar-refractivity contribution >= 4 is 11.4 Å². The number of aliphatic hydroxyl groups is 1. The molecule has 2 N–H and O–H groups in total. The summed E-state index contributed by atoms with van der Waals surface area (Å²) in [4.78, 5) is 9.77. The van der Waals surface area contributed by atoms with E-state index in [0.29, 0.717) is 6.42 Å². The molecule has 0 fully saturated rings. The van der Waals surface area contributed by atoms with Crippen molar-refractivity contribution < 1.29 is 14.4 Å². The number of nitrogens with one attached hydrogen (secondary N) is 1. The standard InChI is InChI=1S/C11H15FN2O3/c1-7(5-8(2)15)13-11-4-3-9(14(16)17)6-10(11)12/h3-4,6-8,13,15H,5H2,1-2H3. The van der Waals surface area contributed by atoms with Gasteiger partial charge in [0.05, 0.1) is 22.8 Å². The fourth-order valence-corrected chi connectivity index (χ4v) is 1.57. The van der Waals surface area contributed by atoms with Gasteiger partial charge >= 0.3 is 0 Å². The second-order valence-corrected chi connectivity index (χ2v) is 4.05. The predicted molar refractivity (Wildman–Crippen MR) is 62.4 cm³/mol. The first-order valence-electron chi connectivity index (χ1n) is 5.28. The number of nitro groups is 1. The van der Waals surface area contributed by atoms with Crippen molar-refractivity contribution in [2.75, 3.05) is 5.32 Å². The normalized spacial score (nSPS) is 14.1. The summed E-state index contributed by atoms with van der Waals surface area (Å²) in [6, 6.07) is 3.31. The van der Waals surface area contributed by atoms with E-state index in [1.807, 2.05) is 0 Å². The molecule has 2 unspecified atom stereocenters. The fourth-order valence-electron chi connectivity index (χ4n) is 1.57. The first-order chi connectivity index (χ1) is 7.90. The van der Waals surface area contributed by atoms with E-state index in [1.165, 1.54) is 12.1 Å². The maximum atomic E-state index is 13.5. The number of nitro benzene ring substituents is 1. The lowest BCUT2D eigenvalue weighted by Gasteiger charge is -2.16. The highest BCUT2D eigenvalue weighted by Gasteiger charge is 2.13. The first-order valence-corrected chi connectivity index (χ1v) is 5.28. The van der Waals surface area contributed by atoms with Crippen LogP contribution >= 0.6 is 0 Å². The van der Waals surface area contributed by atoms with Crippen LogP contribution in [0.2, 0.25) is 0 Å². The van der Waals surface area contributed by atoms with E-state index in [0.717, 1.165) is 6.07 Å². The van der Waals surface area contributed by atoms with Gasteiger partial charge < -0.3 is 10.4 Å². The third kappa shape index (κ3) is 3.99. The summed E-state index contributed by atoms with van der Waals surface area (Å²) in [6.45, 7) is 3.44. The van der Waals surface area contributed by atoms with Crippen LogP contribution in [0.25, 0.3) is 0 Å². The Hall–Kier alpha value is -1.69. The maximum absolute atomic E-state index is 13.5. The Bertz CT molecular complexity index is 410. The van der Waals surface area contributed by atoms with Crippen molar-refractivity contribution in [2.24, 2.45) is 0 Å². The number of non-ortho nitro benzene ring substituents is 1. The van der Waals surface area contributed by atoms with E-state index >= 15 is 0 Å². The summed E-state index contributed by atoms with van der Waals surface area (Å²) in [5.41, 5.74) is -0.0834. The van der Waals surface area contributed by atoms with Gasteiger partial charge in [-0.05, 0) is 26.3 Å². The summed E-state index contributed by atoms with van der Waals surface area (Å²) in [5, 5.41) is 22.4. The van der Waals surface area contributed by atoms with Crippen LogP contribution in [0.1, 0.15) is 20.3 Å². The Morgan fingerprint density at radius 2 is 2.18 bits per heavy atom. The van der Waals surface area contributed by atoms with E-state index in [2.05, 4.69) is 5.32 Å². The molecule has 17 heavy (non-hydrogen) atoms. The van der Waals surface area contributed by atoms with Crippen LogP contribution in [0.4, 0.5) is 15.8 Å². The molecular formula is C11H15FN2O3. The summed E-state index contributed by atoms with van der Waals surface area (Å²) in [7, 11) is 0. The van der Waals surface area contributed by atoms with E-state index < -0.39 is 16.8 Å². The molecule has 0 aliphatic carbocycles. The van der Waals surface area contributed by atoms with Gasteiger partial charge in [-0.15, -0.1) is 0 Å². The Morgan fingerprint density at radius 1 is 1.53 bits per heavy atom. The molecule has 0 saturated carbocycles. The molecule has 0 bridgehead atoms. The van der Waals surface area contributed by atoms with Crippen LogP contribution in [-0.4, -0.2) is 22.2 Å². The smallest absolute Gasteiger partial charge is 0.272 e. The zero-order chi connectivity index (χ0) is 13.0. The van der Waals surface area contributed by atoms with Crippen LogP contribution in [0.15, 0.2) is 18.2 Å². The van der Waals surface area contributed by atoms with Crippen molar-refractivity contribution in [3.63, 3.8) is 0 Å². The van der Waals surface area contributed by atoms with E-state index in [1.54, 1.807) is 13.8 Å². The first kappa shape index (κ1) is 13.4. The highest BCUT2D eigenvalue weighted by molar-refractivity contribution is 5.50. The molecule has 0 radical (unpaired) electrons. The number of halogens is 1. The van der Waals surface area contributed by atoms with Crippen LogP contribution in [0.5, 0.6) is 0 Å². The molecule has 0 heterocycles. The number of hydrogen-bond acceptors (Lipinski definition) is 4. The van der Waals surface area contributed by atoms with Gasteiger partial charge in [-0.1, -0.05) is 0 Å². The number of hydrogen-bond donors (Lipinski definition) is 2. The van der Waals surface area contributed by atoms with E-state index in [-0.39, 0.29) is 17.4 Å². The molecule has 1 rings (SSSR count). The Morgan fingerprint density at radius 3 is 2.65 bits per heavy atom. The van der Waals surface area contributed by atoms with Crippen LogP contribution < -0.4 is 5.32 Å². The van der Waals surface area contributed by atoms with Crippen molar-refractivity contribution in [1.82, 2.24) is 0 Å². The molecular weight excluding hydrogens is 227 g/mol. The third-order valence-corrected chi connectivity index (χ3v) is 2.26. The summed E-state index contributed by atoms with van der Waals surface area (Å²) in [6.07, 6.45) is -0.0187. The average molecular weight is 242 g/mol. The summed E-state index contributed by atoms with van der Waals surface area (Å²) >= 11 is 0. The molecule has 94 valence electrons. The highest BCUT2D eigenvalue weighted by Crippen LogP contribution is 2.21. The molecule has 2 atom stereocenters. The lowest BCUT2D eigenvalue weighted by molar-refractivity contribution is -0.385. The topological polar surface area (TPSA) is 75.4 Å². The monoisotopic (exact) mass is 242 g/mol. The number of anilines is 1. The SMILES string of the molecule is CC(O)CC(C)Nc1ccc([N+](=O)[O-])cc1F. The highest BCUT2D eigenvalue weighted by atomic mass is 19.1. The number of nitrogens with zero attached hydrogens (tertiary/aromatic N) is 1.